The van der Waals surface area contributed by atoms with E-state index in [0.717, 1.165) is 13.0 Å². The largest absolute Gasteiger partial charge is 0.370 e. The van der Waals surface area contributed by atoms with Gasteiger partial charge < -0.3 is 11.1 Å². The third-order valence-electron chi connectivity index (χ3n) is 2.03. The average Bonchev–Trinajstić information content (AvgIpc) is 2.33. The highest BCUT2D eigenvalue weighted by atomic mass is 15.1. The van der Waals surface area contributed by atoms with E-state index in [0.29, 0.717) is 12.5 Å². The molecule has 0 aromatic heterocycles. The molecule has 0 atom stereocenters. The number of guanidine groups is 1. The van der Waals surface area contributed by atoms with Crippen molar-refractivity contribution in [3.63, 3.8) is 0 Å². The summed E-state index contributed by atoms with van der Waals surface area (Å²) in [6.45, 7) is 3.57. The van der Waals surface area contributed by atoms with Gasteiger partial charge in [-0.1, -0.05) is 49.4 Å². The van der Waals surface area contributed by atoms with Gasteiger partial charge in [0.15, 0.2) is 5.96 Å². The van der Waals surface area contributed by atoms with E-state index in [9.17, 15) is 0 Å². The molecule has 3 N–H and O–H groups in total. The van der Waals surface area contributed by atoms with E-state index in [1.807, 2.05) is 30.4 Å². The van der Waals surface area contributed by atoms with Crippen molar-refractivity contribution >= 4 is 12.0 Å². The van der Waals surface area contributed by atoms with Crippen molar-refractivity contribution in [2.75, 3.05) is 13.1 Å². The molecule has 0 bridgehead atoms. The maximum absolute atomic E-state index is 5.64. The molecule has 0 spiro atoms. The van der Waals surface area contributed by atoms with Crippen LogP contribution >= 0.6 is 0 Å². The number of nitrogens with zero attached hydrogens (tertiary/aromatic N) is 1. The Morgan fingerprint density at radius 1 is 1.38 bits per heavy atom. The fraction of sp³-hybridized carbons (Fsp3) is 0.308. The van der Waals surface area contributed by atoms with Gasteiger partial charge in [-0.2, -0.15) is 0 Å². The van der Waals surface area contributed by atoms with Crippen molar-refractivity contribution in [2.24, 2.45) is 10.7 Å². The standard InChI is InChI=1S/C13H19N3/c1-2-10-15-13(14)16-11-6-9-12-7-4-3-5-8-12/h3-9H,2,10-11H2,1H3,(H3,14,15,16). The maximum atomic E-state index is 5.64. The van der Waals surface area contributed by atoms with Crippen molar-refractivity contribution in [1.82, 2.24) is 5.32 Å². The number of rotatable bonds is 5. The zero-order valence-corrected chi connectivity index (χ0v) is 9.69. The molecule has 0 heterocycles. The van der Waals surface area contributed by atoms with E-state index in [4.69, 9.17) is 5.73 Å². The van der Waals surface area contributed by atoms with Crippen LogP contribution in [0.3, 0.4) is 0 Å². The molecule has 16 heavy (non-hydrogen) atoms. The van der Waals surface area contributed by atoms with E-state index in [-0.39, 0.29) is 0 Å². The van der Waals surface area contributed by atoms with E-state index in [2.05, 4.69) is 29.4 Å². The average molecular weight is 217 g/mol. The summed E-state index contributed by atoms with van der Waals surface area (Å²) in [5, 5.41) is 3.02. The first-order valence-corrected chi connectivity index (χ1v) is 5.58. The Balaban J connectivity index is 2.32. The quantitative estimate of drug-likeness (QED) is 0.585. The highest BCUT2D eigenvalue weighted by Crippen LogP contribution is 2.00. The summed E-state index contributed by atoms with van der Waals surface area (Å²) in [7, 11) is 0. The third-order valence-corrected chi connectivity index (χ3v) is 2.03. The molecular formula is C13H19N3. The lowest BCUT2D eigenvalue weighted by Crippen LogP contribution is -2.32. The second-order valence-corrected chi connectivity index (χ2v) is 3.47. The summed E-state index contributed by atoms with van der Waals surface area (Å²) in [5.41, 5.74) is 6.82. The van der Waals surface area contributed by atoms with E-state index in [1.165, 1.54) is 5.56 Å². The van der Waals surface area contributed by atoms with Crippen LogP contribution in [0.25, 0.3) is 6.08 Å². The van der Waals surface area contributed by atoms with Crippen molar-refractivity contribution < 1.29 is 0 Å². The van der Waals surface area contributed by atoms with Crippen molar-refractivity contribution in [3.8, 4) is 0 Å². The first kappa shape index (κ1) is 12.3. The third kappa shape index (κ3) is 5.20. The maximum Gasteiger partial charge on any atom is 0.188 e. The van der Waals surface area contributed by atoms with E-state index in [1.54, 1.807) is 0 Å². The summed E-state index contributed by atoms with van der Waals surface area (Å²) in [6, 6.07) is 10.1. The minimum absolute atomic E-state index is 0.513. The lowest BCUT2D eigenvalue weighted by Gasteiger charge is -2.01. The van der Waals surface area contributed by atoms with Gasteiger partial charge in [0.05, 0.1) is 6.54 Å². The van der Waals surface area contributed by atoms with Crippen LogP contribution < -0.4 is 11.1 Å². The number of hydrogen-bond acceptors (Lipinski definition) is 1. The fourth-order valence-electron chi connectivity index (χ4n) is 1.21. The van der Waals surface area contributed by atoms with Crippen molar-refractivity contribution in [3.05, 3.63) is 42.0 Å². The van der Waals surface area contributed by atoms with Gasteiger partial charge in [0.1, 0.15) is 0 Å². The Labute approximate surface area is 97.1 Å². The van der Waals surface area contributed by atoms with Gasteiger partial charge >= 0.3 is 0 Å². The number of hydrogen-bond donors (Lipinski definition) is 2. The van der Waals surface area contributed by atoms with Gasteiger partial charge in [-0.25, -0.2) is 4.99 Å². The lowest BCUT2D eigenvalue weighted by molar-refractivity contribution is 0.830. The molecule has 1 aromatic carbocycles. The summed E-state index contributed by atoms with van der Waals surface area (Å²) in [4.78, 5) is 4.17. The van der Waals surface area contributed by atoms with Crippen LogP contribution in [-0.4, -0.2) is 19.0 Å². The van der Waals surface area contributed by atoms with Crippen molar-refractivity contribution in [1.29, 1.82) is 0 Å². The Hall–Kier alpha value is -1.77. The molecule has 0 radical (unpaired) electrons. The zero-order valence-electron chi connectivity index (χ0n) is 9.69. The summed E-state index contributed by atoms with van der Waals surface area (Å²) in [5.74, 6) is 0.513. The normalized spacial score (nSPS) is 11.9. The predicted molar refractivity (Wildman–Crippen MR) is 70.3 cm³/mol. The van der Waals surface area contributed by atoms with Crippen LogP contribution in [0.2, 0.25) is 0 Å². The number of benzene rings is 1. The molecular weight excluding hydrogens is 198 g/mol. The zero-order chi connectivity index (χ0) is 11.6. The Kier molecular flexibility index (Phi) is 5.78. The Morgan fingerprint density at radius 2 is 2.12 bits per heavy atom. The van der Waals surface area contributed by atoms with Gasteiger partial charge in [0.25, 0.3) is 0 Å². The summed E-state index contributed by atoms with van der Waals surface area (Å²) < 4.78 is 0. The summed E-state index contributed by atoms with van der Waals surface area (Å²) >= 11 is 0. The molecule has 86 valence electrons. The minimum atomic E-state index is 0.513. The van der Waals surface area contributed by atoms with Gasteiger partial charge in [-0.3, -0.25) is 0 Å². The Morgan fingerprint density at radius 3 is 2.81 bits per heavy atom. The number of nitrogens with one attached hydrogen (secondary N) is 1. The molecule has 1 aromatic rings. The number of nitrogens with two attached hydrogens (primary N) is 1. The highest BCUT2D eigenvalue weighted by Gasteiger charge is 1.86. The SMILES string of the molecule is CCCNC(N)=NCC=Cc1ccccc1. The van der Waals surface area contributed by atoms with Gasteiger partial charge in [-0.15, -0.1) is 0 Å². The van der Waals surface area contributed by atoms with Crippen LogP contribution in [0.4, 0.5) is 0 Å². The van der Waals surface area contributed by atoms with Crippen LogP contribution in [0.15, 0.2) is 41.4 Å². The monoisotopic (exact) mass is 217 g/mol. The molecule has 0 aliphatic heterocycles. The summed E-state index contributed by atoms with van der Waals surface area (Å²) in [6.07, 6.45) is 5.09. The van der Waals surface area contributed by atoms with Crippen LogP contribution in [-0.2, 0) is 0 Å². The topological polar surface area (TPSA) is 50.4 Å². The number of aliphatic imine (C=N–C) groups is 1. The lowest BCUT2D eigenvalue weighted by atomic mass is 10.2. The molecule has 3 nitrogen and oxygen atoms in total. The predicted octanol–water partition coefficient (Wildman–Crippen LogP) is 2.01. The van der Waals surface area contributed by atoms with Crippen molar-refractivity contribution in [2.45, 2.75) is 13.3 Å². The molecule has 0 fully saturated rings. The molecule has 0 saturated heterocycles. The minimum Gasteiger partial charge on any atom is -0.370 e. The molecule has 0 aliphatic carbocycles. The fourth-order valence-corrected chi connectivity index (χ4v) is 1.21. The smallest absolute Gasteiger partial charge is 0.188 e. The molecule has 0 aliphatic rings. The Bertz CT molecular complexity index is 341. The molecule has 0 unspecified atom stereocenters. The molecule has 0 saturated carbocycles. The molecule has 0 amide bonds. The van der Waals surface area contributed by atoms with E-state index >= 15 is 0 Å². The second-order valence-electron chi connectivity index (χ2n) is 3.47. The van der Waals surface area contributed by atoms with Gasteiger partial charge in [0, 0.05) is 6.54 Å². The van der Waals surface area contributed by atoms with Gasteiger partial charge in [-0.05, 0) is 12.0 Å². The molecule has 1 rings (SSSR count). The van der Waals surface area contributed by atoms with Gasteiger partial charge in [0.2, 0.25) is 0 Å². The first-order chi connectivity index (χ1) is 7.83. The van der Waals surface area contributed by atoms with Crippen LogP contribution in [0.5, 0.6) is 0 Å². The molecule has 3 heteroatoms. The van der Waals surface area contributed by atoms with E-state index < -0.39 is 0 Å². The van der Waals surface area contributed by atoms with Crippen LogP contribution in [0, 0.1) is 0 Å². The van der Waals surface area contributed by atoms with Crippen LogP contribution in [0.1, 0.15) is 18.9 Å². The first-order valence-electron chi connectivity index (χ1n) is 5.58. The highest BCUT2D eigenvalue weighted by molar-refractivity contribution is 5.77. The second kappa shape index (κ2) is 7.51.